The van der Waals surface area contributed by atoms with Gasteiger partial charge in [-0.15, -0.1) is 0 Å². The Hall–Kier alpha value is -1.59. The summed E-state index contributed by atoms with van der Waals surface area (Å²) in [5, 5.41) is 0.740. The van der Waals surface area contributed by atoms with Crippen LogP contribution in [0, 0.1) is 0 Å². The second-order valence-electron chi connectivity index (χ2n) is 4.53. The van der Waals surface area contributed by atoms with Gasteiger partial charge in [-0.3, -0.25) is 0 Å². The molecule has 0 saturated carbocycles. The zero-order valence-corrected chi connectivity index (χ0v) is 13.1. The lowest BCUT2D eigenvalue weighted by Gasteiger charge is -2.19. The van der Waals surface area contributed by atoms with E-state index in [-0.39, 0.29) is 0 Å². The quantitative estimate of drug-likeness (QED) is 0.720. The third-order valence-electron chi connectivity index (χ3n) is 3.00. The number of imidazole rings is 1. The molecule has 0 radical (unpaired) electrons. The molecular weight excluding hydrogens is 340 g/mol. The number of hydrogen-bond acceptors (Lipinski definition) is 3. The molecule has 0 unspecified atom stereocenters. The molecular formula is C14H12BrClN4. The normalized spacial score (nSPS) is 10.9. The van der Waals surface area contributed by atoms with Crippen LogP contribution < -0.4 is 4.90 Å². The highest BCUT2D eigenvalue weighted by molar-refractivity contribution is 9.10. The Bertz CT molecular complexity index is 756. The van der Waals surface area contributed by atoms with Crippen LogP contribution in [0.1, 0.15) is 5.56 Å². The van der Waals surface area contributed by atoms with Gasteiger partial charge in [0.2, 0.25) is 0 Å². The van der Waals surface area contributed by atoms with E-state index in [0.29, 0.717) is 6.54 Å². The molecule has 0 spiro atoms. The maximum Gasteiger partial charge on any atom is 0.180 e. The Labute approximate surface area is 130 Å². The van der Waals surface area contributed by atoms with Crippen LogP contribution in [0.15, 0.2) is 47.5 Å². The van der Waals surface area contributed by atoms with Gasteiger partial charge in [0.15, 0.2) is 11.5 Å². The van der Waals surface area contributed by atoms with Gasteiger partial charge in [0.1, 0.15) is 4.60 Å². The molecule has 102 valence electrons. The third kappa shape index (κ3) is 2.64. The lowest BCUT2D eigenvalue weighted by Crippen LogP contribution is -2.19. The highest BCUT2D eigenvalue weighted by atomic mass is 79.9. The maximum absolute atomic E-state index is 6.02. The molecule has 1 aromatic carbocycles. The standard InChI is InChI=1S/C14H12BrClN4/c1-19(8-10-3-2-4-11(16)7-10)14-13-17-5-6-20(13)9-12(15)18-14/h2-7,9H,8H2,1H3. The number of hydrogen-bond donors (Lipinski definition) is 0. The van der Waals surface area contributed by atoms with Crippen LogP contribution in [0.4, 0.5) is 5.82 Å². The van der Waals surface area contributed by atoms with Gasteiger partial charge >= 0.3 is 0 Å². The van der Waals surface area contributed by atoms with Crippen LogP contribution in [0.3, 0.4) is 0 Å². The first-order chi connectivity index (χ1) is 9.63. The van der Waals surface area contributed by atoms with Crippen molar-refractivity contribution in [2.45, 2.75) is 6.54 Å². The highest BCUT2D eigenvalue weighted by Crippen LogP contribution is 2.22. The summed E-state index contributed by atoms with van der Waals surface area (Å²) in [6.45, 7) is 0.715. The molecule has 2 aromatic heterocycles. The van der Waals surface area contributed by atoms with Crippen molar-refractivity contribution in [2.75, 3.05) is 11.9 Å². The van der Waals surface area contributed by atoms with E-state index in [0.717, 1.165) is 26.7 Å². The summed E-state index contributed by atoms with van der Waals surface area (Å²) in [6, 6.07) is 7.82. The fraction of sp³-hybridized carbons (Fsp3) is 0.143. The molecule has 4 nitrogen and oxygen atoms in total. The summed E-state index contributed by atoms with van der Waals surface area (Å²) in [5.74, 6) is 0.823. The fourth-order valence-electron chi connectivity index (χ4n) is 2.13. The van der Waals surface area contributed by atoms with Crippen LogP contribution in [0.2, 0.25) is 5.02 Å². The lowest BCUT2D eigenvalue weighted by molar-refractivity contribution is 0.887. The first-order valence-corrected chi connectivity index (χ1v) is 7.25. The average molecular weight is 352 g/mol. The van der Waals surface area contributed by atoms with Gasteiger partial charge < -0.3 is 9.30 Å². The van der Waals surface area contributed by atoms with Crippen LogP contribution >= 0.6 is 27.5 Å². The highest BCUT2D eigenvalue weighted by Gasteiger charge is 2.11. The number of halogens is 2. The number of fused-ring (bicyclic) bond motifs is 1. The van der Waals surface area contributed by atoms with Crippen LogP contribution in [0.25, 0.3) is 5.65 Å². The van der Waals surface area contributed by atoms with Crippen molar-refractivity contribution in [3.8, 4) is 0 Å². The van der Waals surface area contributed by atoms with E-state index in [4.69, 9.17) is 11.6 Å². The second-order valence-corrected chi connectivity index (χ2v) is 5.78. The minimum Gasteiger partial charge on any atom is -0.352 e. The molecule has 6 heteroatoms. The van der Waals surface area contributed by atoms with E-state index in [1.54, 1.807) is 6.20 Å². The summed E-state index contributed by atoms with van der Waals surface area (Å²) < 4.78 is 2.72. The van der Waals surface area contributed by atoms with E-state index < -0.39 is 0 Å². The van der Waals surface area contributed by atoms with Gasteiger partial charge in [-0.05, 0) is 33.6 Å². The van der Waals surface area contributed by atoms with Crippen molar-refractivity contribution < 1.29 is 0 Å². The Morgan fingerprint density at radius 3 is 3.05 bits per heavy atom. The predicted molar refractivity (Wildman–Crippen MR) is 84.2 cm³/mol. The van der Waals surface area contributed by atoms with Crippen molar-refractivity contribution in [2.24, 2.45) is 0 Å². The average Bonchev–Trinajstić information content (AvgIpc) is 2.85. The first-order valence-electron chi connectivity index (χ1n) is 6.08. The second kappa shape index (κ2) is 5.42. The van der Waals surface area contributed by atoms with Crippen molar-refractivity contribution in [1.82, 2.24) is 14.4 Å². The molecule has 3 rings (SSSR count). The van der Waals surface area contributed by atoms with E-state index in [1.807, 2.05) is 48.1 Å². The van der Waals surface area contributed by atoms with Crippen molar-refractivity contribution in [3.63, 3.8) is 0 Å². The summed E-state index contributed by atoms with van der Waals surface area (Å²) in [4.78, 5) is 10.9. The molecule has 0 saturated heterocycles. The summed E-state index contributed by atoms with van der Waals surface area (Å²) in [6.07, 6.45) is 5.55. The number of nitrogens with zero attached hydrogens (tertiary/aromatic N) is 4. The molecule has 3 aromatic rings. The monoisotopic (exact) mass is 350 g/mol. The first kappa shape index (κ1) is 13.4. The van der Waals surface area contributed by atoms with E-state index in [2.05, 4.69) is 30.8 Å². The SMILES string of the molecule is CN(Cc1cccc(Cl)c1)c1nc(Br)cn2ccnc12. The van der Waals surface area contributed by atoms with E-state index in [9.17, 15) is 0 Å². The number of aromatic nitrogens is 3. The molecule has 0 fully saturated rings. The minimum absolute atomic E-state index is 0.715. The number of benzene rings is 1. The summed E-state index contributed by atoms with van der Waals surface area (Å²) in [5.41, 5.74) is 1.96. The van der Waals surface area contributed by atoms with Gasteiger partial charge in [-0.2, -0.15) is 0 Å². The Balaban J connectivity index is 1.96. The molecule has 0 atom stereocenters. The summed E-state index contributed by atoms with van der Waals surface area (Å²) >= 11 is 9.44. The van der Waals surface area contributed by atoms with Gasteiger partial charge in [0.25, 0.3) is 0 Å². The zero-order valence-electron chi connectivity index (χ0n) is 10.8. The Morgan fingerprint density at radius 2 is 2.25 bits per heavy atom. The molecule has 0 aliphatic rings. The fourth-order valence-corrected chi connectivity index (χ4v) is 2.73. The maximum atomic E-state index is 6.02. The van der Waals surface area contributed by atoms with Crippen LogP contribution in [0.5, 0.6) is 0 Å². The smallest absolute Gasteiger partial charge is 0.180 e. The third-order valence-corrected chi connectivity index (χ3v) is 3.61. The molecule has 0 amide bonds. The van der Waals surface area contributed by atoms with Crippen molar-refractivity contribution in [1.29, 1.82) is 0 Å². The summed E-state index contributed by atoms with van der Waals surface area (Å²) in [7, 11) is 1.99. The predicted octanol–water partition coefficient (Wildman–Crippen LogP) is 3.78. The van der Waals surface area contributed by atoms with Gasteiger partial charge in [-0.1, -0.05) is 23.7 Å². The van der Waals surface area contributed by atoms with Gasteiger partial charge in [0.05, 0.1) is 0 Å². The van der Waals surface area contributed by atoms with Crippen LogP contribution in [-0.2, 0) is 6.54 Å². The van der Waals surface area contributed by atoms with Crippen molar-refractivity contribution >= 4 is 39.0 Å². The Kier molecular flexibility index (Phi) is 3.63. The van der Waals surface area contributed by atoms with E-state index >= 15 is 0 Å². The minimum atomic E-state index is 0.715. The molecule has 2 heterocycles. The topological polar surface area (TPSA) is 33.4 Å². The molecule has 0 bridgehead atoms. The lowest BCUT2D eigenvalue weighted by atomic mass is 10.2. The number of anilines is 1. The zero-order chi connectivity index (χ0) is 14.1. The number of rotatable bonds is 3. The largest absolute Gasteiger partial charge is 0.352 e. The molecule has 0 N–H and O–H groups in total. The van der Waals surface area contributed by atoms with E-state index in [1.165, 1.54) is 0 Å². The molecule has 20 heavy (non-hydrogen) atoms. The Morgan fingerprint density at radius 1 is 1.40 bits per heavy atom. The van der Waals surface area contributed by atoms with Crippen LogP contribution in [-0.4, -0.2) is 21.4 Å². The molecule has 0 aliphatic heterocycles. The van der Waals surface area contributed by atoms with Gasteiger partial charge in [-0.25, -0.2) is 9.97 Å². The van der Waals surface area contributed by atoms with Gasteiger partial charge in [0, 0.05) is 37.2 Å². The molecule has 0 aliphatic carbocycles. The van der Waals surface area contributed by atoms with Crippen molar-refractivity contribution in [3.05, 3.63) is 58.0 Å².